The van der Waals surface area contributed by atoms with Crippen LogP contribution in [0.25, 0.3) is 6.08 Å². The molecule has 1 aliphatic rings. The number of amides is 1. The minimum atomic E-state index is -1.12. The molecule has 0 saturated heterocycles. The fourth-order valence-corrected chi connectivity index (χ4v) is 2.79. The van der Waals surface area contributed by atoms with Gasteiger partial charge in [-0.25, -0.2) is 4.79 Å². The molecular weight excluding hydrogens is 282 g/mol. The molecule has 1 aromatic rings. The molecule has 0 radical (unpaired) electrons. The van der Waals surface area contributed by atoms with Crippen LogP contribution >= 0.6 is 0 Å². The van der Waals surface area contributed by atoms with Gasteiger partial charge in [-0.3, -0.25) is 4.79 Å². The third-order valence-electron chi connectivity index (χ3n) is 4.03. The van der Waals surface area contributed by atoms with Gasteiger partial charge in [-0.1, -0.05) is 37.5 Å². The molecule has 0 atom stereocenters. The maximum absolute atomic E-state index is 12.1. The molecule has 0 bridgehead atoms. The smallest absolute Gasteiger partial charge is 0.329 e. The molecule has 0 heterocycles. The van der Waals surface area contributed by atoms with E-state index in [9.17, 15) is 14.7 Å². The van der Waals surface area contributed by atoms with Crippen molar-refractivity contribution in [2.24, 2.45) is 0 Å². The lowest BCUT2D eigenvalue weighted by atomic mass is 9.81. The van der Waals surface area contributed by atoms with E-state index in [0.717, 1.165) is 24.8 Å². The van der Waals surface area contributed by atoms with Crippen molar-refractivity contribution in [1.82, 2.24) is 5.32 Å². The molecular formula is C17H21NO4. The molecule has 1 amide bonds. The van der Waals surface area contributed by atoms with E-state index in [4.69, 9.17) is 4.74 Å². The van der Waals surface area contributed by atoms with Gasteiger partial charge in [0.05, 0.1) is 7.11 Å². The standard InChI is InChI=1S/C17H21NO4/c1-22-14-8-4-3-7-13(14)9-10-15(19)18-17(16(20)21)11-5-2-6-12-17/h3-4,7-10H,2,5-6,11-12H2,1H3,(H,18,19)(H,20,21)/b10-9+. The summed E-state index contributed by atoms with van der Waals surface area (Å²) in [5.41, 5.74) is -0.353. The predicted molar refractivity (Wildman–Crippen MR) is 83.6 cm³/mol. The van der Waals surface area contributed by atoms with E-state index in [1.807, 2.05) is 18.2 Å². The van der Waals surface area contributed by atoms with Gasteiger partial charge in [0.1, 0.15) is 11.3 Å². The number of para-hydroxylation sites is 1. The molecule has 0 unspecified atom stereocenters. The van der Waals surface area contributed by atoms with Gasteiger partial charge in [-0.2, -0.15) is 0 Å². The molecule has 2 N–H and O–H groups in total. The Morgan fingerprint density at radius 3 is 2.55 bits per heavy atom. The number of hydrogen-bond donors (Lipinski definition) is 2. The topological polar surface area (TPSA) is 75.6 Å². The number of ether oxygens (including phenoxy) is 1. The van der Waals surface area contributed by atoms with E-state index in [0.29, 0.717) is 18.6 Å². The zero-order valence-corrected chi connectivity index (χ0v) is 12.7. The first-order valence-electron chi connectivity index (χ1n) is 7.44. The number of hydrogen-bond acceptors (Lipinski definition) is 3. The van der Waals surface area contributed by atoms with Crippen LogP contribution in [0.2, 0.25) is 0 Å². The molecule has 118 valence electrons. The second-order valence-electron chi connectivity index (χ2n) is 5.51. The maximum atomic E-state index is 12.1. The summed E-state index contributed by atoms with van der Waals surface area (Å²) < 4.78 is 5.21. The lowest BCUT2D eigenvalue weighted by Gasteiger charge is -2.33. The lowest BCUT2D eigenvalue weighted by Crippen LogP contribution is -2.55. The fraction of sp³-hybridized carbons (Fsp3) is 0.412. The molecule has 5 heteroatoms. The van der Waals surface area contributed by atoms with Gasteiger partial charge in [-0.05, 0) is 25.0 Å². The molecule has 1 saturated carbocycles. The van der Waals surface area contributed by atoms with Crippen molar-refractivity contribution in [3.05, 3.63) is 35.9 Å². The van der Waals surface area contributed by atoms with Crippen LogP contribution in [0.5, 0.6) is 5.75 Å². The van der Waals surface area contributed by atoms with Crippen LogP contribution in [0, 0.1) is 0 Å². The quantitative estimate of drug-likeness (QED) is 0.820. The molecule has 2 rings (SSSR count). The van der Waals surface area contributed by atoms with Gasteiger partial charge in [0.15, 0.2) is 0 Å². The Morgan fingerprint density at radius 2 is 1.91 bits per heavy atom. The summed E-state index contributed by atoms with van der Waals surface area (Å²) in [7, 11) is 1.56. The molecule has 0 aliphatic heterocycles. The van der Waals surface area contributed by atoms with E-state index in [1.54, 1.807) is 19.3 Å². The molecule has 1 fully saturated rings. The highest BCUT2D eigenvalue weighted by atomic mass is 16.5. The third-order valence-corrected chi connectivity index (χ3v) is 4.03. The largest absolute Gasteiger partial charge is 0.496 e. The first-order valence-corrected chi connectivity index (χ1v) is 7.44. The molecule has 22 heavy (non-hydrogen) atoms. The zero-order chi connectivity index (χ0) is 16.0. The summed E-state index contributed by atoms with van der Waals surface area (Å²) in [6, 6.07) is 7.32. The molecule has 1 aliphatic carbocycles. The number of methoxy groups -OCH3 is 1. The van der Waals surface area contributed by atoms with Gasteiger partial charge in [0, 0.05) is 11.6 Å². The lowest BCUT2D eigenvalue weighted by molar-refractivity contribution is -0.148. The Hall–Kier alpha value is -2.30. The molecule has 0 aromatic heterocycles. The van der Waals surface area contributed by atoms with Gasteiger partial charge in [-0.15, -0.1) is 0 Å². The monoisotopic (exact) mass is 303 g/mol. The van der Waals surface area contributed by atoms with Crippen molar-refractivity contribution in [1.29, 1.82) is 0 Å². The Morgan fingerprint density at radius 1 is 1.23 bits per heavy atom. The number of carboxylic acids is 1. The Kier molecular flexibility index (Phi) is 5.20. The molecule has 5 nitrogen and oxygen atoms in total. The zero-order valence-electron chi connectivity index (χ0n) is 12.7. The average Bonchev–Trinajstić information content (AvgIpc) is 2.54. The Balaban J connectivity index is 2.08. The van der Waals surface area contributed by atoms with Crippen LogP contribution in [-0.2, 0) is 9.59 Å². The van der Waals surface area contributed by atoms with Crippen LogP contribution in [0.4, 0.5) is 0 Å². The second kappa shape index (κ2) is 7.11. The molecule has 1 aromatic carbocycles. The van der Waals surface area contributed by atoms with E-state index >= 15 is 0 Å². The van der Waals surface area contributed by atoms with Crippen molar-refractivity contribution < 1.29 is 19.4 Å². The highest BCUT2D eigenvalue weighted by molar-refractivity contribution is 5.96. The summed E-state index contributed by atoms with van der Waals surface area (Å²) in [6.45, 7) is 0. The fourth-order valence-electron chi connectivity index (χ4n) is 2.79. The average molecular weight is 303 g/mol. The third kappa shape index (κ3) is 3.67. The molecule has 0 spiro atoms. The summed E-state index contributed by atoms with van der Waals surface area (Å²) in [5, 5.41) is 12.1. The number of carbonyl (C=O) groups is 2. The number of benzene rings is 1. The van der Waals surface area contributed by atoms with Gasteiger partial charge >= 0.3 is 5.97 Å². The van der Waals surface area contributed by atoms with Crippen molar-refractivity contribution in [3.8, 4) is 5.75 Å². The first-order chi connectivity index (χ1) is 10.6. The van der Waals surface area contributed by atoms with Crippen molar-refractivity contribution >= 4 is 18.0 Å². The van der Waals surface area contributed by atoms with E-state index in [-0.39, 0.29) is 0 Å². The van der Waals surface area contributed by atoms with E-state index in [2.05, 4.69) is 5.32 Å². The van der Waals surface area contributed by atoms with E-state index < -0.39 is 17.4 Å². The first kappa shape index (κ1) is 16.1. The van der Waals surface area contributed by atoms with Crippen molar-refractivity contribution in [2.75, 3.05) is 7.11 Å². The van der Waals surface area contributed by atoms with Crippen LogP contribution in [0.3, 0.4) is 0 Å². The minimum absolute atomic E-state index is 0.393. The van der Waals surface area contributed by atoms with Crippen LogP contribution in [0.1, 0.15) is 37.7 Å². The van der Waals surface area contributed by atoms with Gasteiger partial charge < -0.3 is 15.2 Å². The minimum Gasteiger partial charge on any atom is -0.496 e. The summed E-state index contributed by atoms with van der Waals surface area (Å²) in [6.07, 6.45) is 6.62. The number of nitrogens with one attached hydrogen (secondary N) is 1. The number of rotatable bonds is 5. The normalized spacial score (nSPS) is 17.1. The number of carboxylic acid groups (broad SMARTS) is 1. The van der Waals surface area contributed by atoms with Crippen molar-refractivity contribution in [2.45, 2.75) is 37.6 Å². The highest BCUT2D eigenvalue weighted by Crippen LogP contribution is 2.28. The van der Waals surface area contributed by atoms with Crippen molar-refractivity contribution in [3.63, 3.8) is 0 Å². The second-order valence-corrected chi connectivity index (χ2v) is 5.51. The van der Waals surface area contributed by atoms with E-state index in [1.165, 1.54) is 6.08 Å². The SMILES string of the molecule is COc1ccccc1/C=C/C(=O)NC1(C(=O)O)CCCCC1. The highest BCUT2D eigenvalue weighted by Gasteiger charge is 2.40. The summed E-state index contributed by atoms with van der Waals surface area (Å²) in [5.74, 6) is -0.682. The number of carbonyl (C=O) groups excluding carboxylic acids is 1. The predicted octanol–water partition coefficient (Wildman–Crippen LogP) is 2.61. The van der Waals surface area contributed by atoms with Gasteiger partial charge in [0.25, 0.3) is 0 Å². The number of aliphatic carboxylic acids is 1. The van der Waals surface area contributed by atoms with Crippen LogP contribution in [0.15, 0.2) is 30.3 Å². The Bertz CT molecular complexity index is 574. The Labute approximate surface area is 130 Å². The summed E-state index contributed by atoms with van der Waals surface area (Å²) in [4.78, 5) is 23.6. The maximum Gasteiger partial charge on any atom is 0.329 e. The van der Waals surface area contributed by atoms with Crippen LogP contribution < -0.4 is 10.1 Å². The summed E-state index contributed by atoms with van der Waals surface area (Å²) >= 11 is 0. The van der Waals surface area contributed by atoms with Crippen LogP contribution in [-0.4, -0.2) is 29.6 Å². The van der Waals surface area contributed by atoms with Gasteiger partial charge in [0.2, 0.25) is 5.91 Å².